The number of pyridine rings is 1. The normalized spacial score (nSPS) is 14.6. The van der Waals surface area contributed by atoms with Gasteiger partial charge in [0.2, 0.25) is 5.82 Å². The zero-order chi connectivity index (χ0) is 30.9. The van der Waals surface area contributed by atoms with Crippen LogP contribution in [0.3, 0.4) is 0 Å². The Morgan fingerprint density at radius 1 is 1.12 bits per heavy atom. The van der Waals surface area contributed by atoms with Crippen LogP contribution < -0.4 is 11.1 Å². The third-order valence-corrected chi connectivity index (χ3v) is 8.10. The van der Waals surface area contributed by atoms with E-state index in [9.17, 15) is 18.0 Å². The van der Waals surface area contributed by atoms with Crippen LogP contribution in [0.4, 0.5) is 24.5 Å². The maximum absolute atomic E-state index is 14.1. The molecule has 8 nitrogen and oxygen atoms in total. The van der Waals surface area contributed by atoms with Gasteiger partial charge in [-0.05, 0) is 110 Å². The zero-order valence-corrected chi connectivity index (χ0v) is 25.6. The summed E-state index contributed by atoms with van der Waals surface area (Å²) in [6, 6.07) is 11.1. The number of fused-ring (bicyclic) bond motifs is 1. The summed E-state index contributed by atoms with van der Waals surface area (Å²) in [6.45, 7) is 3.51. The van der Waals surface area contributed by atoms with Crippen molar-refractivity contribution in [3.8, 4) is 11.8 Å². The van der Waals surface area contributed by atoms with Crippen LogP contribution in [0.5, 0.6) is 0 Å². The van der Waals surface area contributed by atoms with E-state index in [1.807, 2.05) is 25.9 Å². The van der Waals surface area contributed by atoms with Gasteiger partial charge in [-0.3, -0.25) is 14.1 Å². The van der Waals surface area contributed by atoms with Gasteiger partial charge in [-0.15, -0.1) is 10.2 Å². The van der Waals surface area contributed by atoms with Crippen molar-refractivity contribution in [1.82, 2.24) is 24.4 Å². The summed E-state index contributed by atoms with van der Waals surface area (Å²) in [6.07, 6.45) is -0.989. The lowest BCUT2D eigenvalue weighted by Crippen LogP contribution is -2.41. The van der Waals surface area contributed by atoms with Crippen LogP contribution in [0.1, 0.15) is 51.3 Å². The molecular weight excluding hydrogens is 623 g/mol. The lowest BCUT2D eigenvalue weighted by molar-refractivity contribution is -0.138. The van der Waals surface area contributed by atoms with Crippen LogP contribution in [-0.2, 0) is 12.7 Å². The number of nitrogens with zero attached hydrogens (tertiary/aromatic N) is 5. The van der Waals surface area contributed by atoms with Crippen LogP contribution in [0.15, 0.2) is 53.1 Å². The largest absolute Gasteiger partial charge is 0.416 e. The maximum Gasteiger partial charge on any atom is 0.416 e. The minimum absolute atomic E-state index is 0.0682. The molecule has 0 aliphatic carbocycles. The molecule has 3 N–H and O–H groups in total. The predicted octanol–water partition coefficient (Wildman–Crippen LogP) is 5.58. The molecule has 0 atom stereocenters. The lowest BCUT2D eigenvalue weighted by atomic mass is 10.0. The fraction of sp³-hybridized carbons (Fsp3) is 0.323. The minimum Gasteiger partial charge on any atom is -0.396 e. The molecule has 0 radical (unpaired) electrons. The molecule has 1 amide bonds. The molecule has 1 aliphatic heterocycles. The van der Waals surface area contributed by atoms with Gasteiger partial charge in [0.1, 0.15) is 0 Å². The Hall–Kier alpha value is -3.92. The molecule has 2 aromatic carbocycles. The van der Waals surface area contributed by atoms with Gasteiger partial charge in [0.25, 0.3) is 5.91 Å². The SMILES string of the molecule is Cc1ccc(C(=O)Nc2ccc(CN3CCC(N(C)C)CC3)c(C(F)(F)F)c2)cc1C#Cc1nnc2c(N)cc(Br)cn12. The second kappa shape index (κ2) is 12.4. The highest BCUT2D eigenvalue weighted by Gasteiger charge is 2.34. The van der Waals surface area contributed by atoms with Crippen molar-refractivity contribution in [1.29, 1.82) is 0 Å². The molecule has 1 saturated heterocycles. The van der Waals surface area contributed by atoms with E-state index >= 15 is 0 Å². The van der Waals surface area contributed by atoms with E-state index in [4.69, 9.17) is 5.73 Å². The maximum atomic E-state index is 14.1. The van der Waals surface area contributed by atoms with E-state index in [-0.39, 0.29) is 23.4 Å². The molecule has 1 fully saturated rings. The Balaban J connectivity index is 1.34. The van der Waals surface area contributed by atoms with Crippen LogP contribution in [0.25, 0.3) is 5.65 Å². The van der Waals surface area contributed by atoms with Crippen molar-refractivity contribution in [3.05, 3.63) is 86.8 Å². The van der Waals surface area contributed by atoms with Crippen molar-refractivity contribution >= 4 is 38.9 Å². The summed E-state index contributed by atoms with van der Waals surface area (Å²) < 4.78 is 44.6. The van der Waals surface area contributed by atoms with E-state index < -0.39 is 17.6 Å². The Morgan fingerprint density at radius 3 is 2.56 bits per heavy atom. The molecule has 2 aromatic heterocycles. The van der Waals surface area contributed by atoms with E-state index in [1.54, 1.807) is 34.9 Å². The molecule has 0 bridgehead atoms. The number of halogens is 4. The number of nitrogen functional groups attached to an aromatic ring is 1. The third-order valence-electron chi connectivity index (χ3n) is 7.66. The topological polar surface area (TPSA) is 91.8 Å². The first-order chi connectivity index (χ1) is 20.4. The number of rotatable bonds is 5. The molecule has 0 spiro atoms. The molecule has 3 heterocycles. The smallest absolute Gasteiger partial charge is 0.396 e. The number of aryl methyl sites for hydroxylation is 1. The number of carbonyl (C=O) groups is 1. The number of hydrogen-bond donors (Lipinski definition) is 2. The first-order valence-electron chi connectivity index (χ1n) is 13.7. The van der Waals surface area contributed by atoms with Gasteiger partial charge < -0.3 is 16.0 Å². The number of piperidine rings is 1. The van der Waals surface area contributed by atoms with E-state index in [0.29, 0.717) is 28.8 Å². The average Bonchev–Trinajstić information content (AvgIpc) is 3.36. The van der Waals surface area contributed by atoms with Gasteiger partial charge in [-0.1, -0.05) is 18.1 Å². The number of hydrogen-bond acceptors (Lipinski definition) is 6. The summed E-state index contributed by atoms with van der Waals surface area (Å²) in [5.74, 6) is 5.81. The summed E-state index contributed by atoms with van der Waals surface area (Å²) in [5, 5.41) is 10.8. The van der Waals surface area contributed by atoms with E-state index in [1.165, 1.54) is 12.1 Å². The van der Waals surface area contributed by atoms with Gasteiger partial charge in [0.15, 0.2) is 5.65 Å². The number of benzene rings is 2. The van der Waals surface area contributed by atoms with Crippen LogP contribution in [-0.4, -0.2) is 63.5 Å². The molecule has 5 rings (SSSR count). The fourth-order valence-corrected chi connectivity index (χ4v) is 5.64. The Bertz CT molecular complexity index is 1730. The molecule has 4 aromatic rings. The number of likely N-dealkylation sites (tertiary alicyclic amines) is 1. The van der Waals surface area contributed by atoms with E-state index in [2.05, 4.69) is 48.2 Å². The first kappa shape index (κ1) is 30.5. The second-order valence-electron chi connectivity index (χ2n) is 10.9. The highest BCUT2D eigenvalue weighted by atomic mass is 79.9. The predicted molar refractivity (Wildman–Crippen MR) is 164 cm³/mol. The van der Waals surface area contributed by atoms with Crippen molar-refractivity contribution in [2.24, 2.45) is 0 Å². The van der Waals surface area contributed by atoms with Crippen LogP contribution in [0, 0.1) is 18.8 Å². The number of nitrogens with two attached hydrogens (primary N) is 1. The lowest BCUT2D eigenvalue weighted by Gasteiger charge is -2.35. The highest BCUT2D eigenvalue weighted by molar-refractivity contribution is 9.10. The number of nitrogens with one attached hydrogen (secondary N) is 1. The van der Waals surface area contributed by atoms with Crippen LogP contribution >= 0.6 is 15.9 Å². The molecule has 0 saturated carbocycles. The van der Waals surface area contributed by atoms with Crippen molar-refractivity contribution < 1.29 is 18.0 Å². The Morgan fingerprint density at radius 2 is 1.86 bits per heavy atom. The zero-order valence-electron chi connectivity index (χ0n) is 24.0. The van der Waals surface area contributed by atoms with Crippen LogP contribution in [0.2, 0.25) is 0 Å². The molecule has 43 heavy (non-hydrogen) atoms. The monoisotopic (exact) mass is 653 g/mol. The number of carbonyl (C=O) groups excluding carboxylic acids is 1. The van der Waals surface area contributed by atoms with Gasteiger partial charge >= 0.3 is 6.18 Å². The van der Waals surface area contributed by atoms with Crippen molar-refractivity contribution in [3.63, 3.8) is 0 Å². The minimum atomic E-state index is -4.56. The van der Waals surface area contributed by atoms with Gasteiger partial charge in [-0.2, -0.15) is 13.2 Å². The first-order valence-corrected chi connectivity index (χ1v) is 14.5. The van der Waals surface area contributed by atoms with E-state index in [0.717, 1.165) is 42.0 Å². The average molecular weight is 655 g/mol. The number of alkyl halides is 3. The van der Waals surface area contributed by atoms with Gasteiger partial charge in [-0.25, -0.2) is 0 Å². The standard InChI is InChI=1S/C31H31BrF3N7O/c1-19-4-5-21(14-20(19)7-9-28-38-39-29-27(36)15-23(32)18-42(28)29)30(43)37-24-8-6-22(26(16-24)31(33,34)35)17-41-12-10-25(11-13-41)40(2)3/h4-6,8,14-16,18,25H,10-13,17,36H2,1-3H3,(H,37,43). The molecular formula is C31H31BrF3N7O. The second-order valence-corrected chi connectivity index (χ2v) is 11.8. The highest BCUT2D eigenvalue weighted by Crippen LogP contribution is 2.35. The third kappa shape index (κ3) is 7.01. The summed E-state index contributed by atoms with van der Waals surface area (Å²) in [4.78, 5) is 17.3. The summed E-state index contributed by atoms with van der Waals surface area (Å²) in [7, 11) is 4.05. The van der Waals surface area contributed by atoms with Crippen molar-refractivity contribution in [2.45, 2.75) is 38.5 Å². The Labute approximate surface area is 256 Å². The van der Waals surface area contributed by atoms with Crippen molar-refractivity contribution in [2.75, 3.05) is 38.2 Å². The quantitative estimate of drug-likeness (QED) is 0.273. The molecule has 224 valence electrons. The number of amides is 1. The summed E-state index contributed by atoms with van der Waals surface area (Å²) in [5.41, 5.74) is 8.07. The molecule has 12 heteroatoms. The summed E-state index contributed by atoms with van der Waals surface area (Å²) >= 11 is 3.39. The van der Waals surface area contributed by atoms with Gasteiger partial charge in [0, 0.05) is 40.1 Å². The molecule has 0 unspecified atom stereocenters. The van der Waals surface area contributed by atoms with Gasteiger partial charge in [0.05, 0.1) is 11.3 Å². The number of aromatic nitrogens is 3. The number of anilines is 2. The Kier molecular flexibility index (Phi) is 8.78. The molecule has 1 aliphatic rings. The fourth-order valence-electron chi connectivity index (χ4n) is 5.18.